The first-order valence-corrected chi connectivity index (χ1v) is 0. The molecule has 21 valence electrons. The van der Waals surface area contributed by atoms with Gasteiger partial charge >= 0.3 is 42.9 Å². The van der Waals surface area contributed by atoms with Crippen molar-refractivity contribution in [2.45, 2.75) is 0 Å². The van der Waals surface area contributed by atoms with Crippen molar-refractivity contribution in [1.29, 1.82) is 0 Å². The Bertz CT molecular complexity index is 6.00. The van der Waals surface area contributed by atoms with E-state index in [2.05, 4.69) is 0 Å². The zero-order valence-electron chi connectivity index (χ0n) is 1.83. The fourth-order valence-electron chi connectivity index (χ4n) is 0. The standard InChI is InChI=1S/Fe.In.2P/q2*+3;2*-3. The molecule has 0 spiro atoms. The van der Waals surface area contributed by atoms with E-state index in [9.17, 15) is 0 Å². The van der Waals surface area contributed by atoms with Crippen molar-refractivity contribution in [3.63, 3.8) is 0 Å². The van der Waals surface area contributed by atoms with Gasteiger partial charge in [-0.15, -0.1) is 0 Å². The second-order valence-corrected chi connectivity index (χ2v) is 0. The van der Waals surface area contributed by atoms with E-state index < -0.39 is 0 Å². The number of hydrogen-bond donors (Lipinski definition) is 0. The van der Waals surface area contributed by atoms with Crippen molar-refractivity contribution in [3.8, 4) is 0 Å². The zero-order chi connectivity index (χ0) is 0. The molecular weight excluding hydrogens is 233 g/mol. The van der Waals surface area contributed by atoms with Crippen LogP contribution in [0.4, 0.5) is 0 Å². The fourth-order valence-corrected chi connectivity index (χ4v) is 0. The molecule has 0 aromatic heterocycles. The summed E-state index contributed by atoms with van der Waals surface area (Å²) >= 11 is 0. The Kier molecular flexibility index (Phi) is 159. The van der Waals surface area contributed by atoms with Crippen LogP contribution in [0.25, 0.3) is 0 Å². The van der Waals surface area contributed by atoms with Gasteiger partial charge in [-0.3, -0.25) is 0 Å². The molecular formula is FeInP2. The minimum absolute atomic E-state index is 0. The molecule has 4 heteroatoms. The van der Waals surface area contributed by atoms with Crippen LogP contribution in [0.1, 0.15) is 0 Å². The third kappa shape index (κ3) is 8.87. The van der Waals surface area contributed by atoms with Crippen LogP contribution in [-0.2, 0) is 17.1 Å². The average molecular weight is 233 g/mol. The molecule has 0 bridgehead atoms. The minimum atomic E-state index is 0. The van der Waals surface area contributed by atoms with Crippen LogP contribution in [0.2, 0.25) is 0 Å². The minimum Gasteiger partial charge on any atom is -3.00 e. The smallest absolute Gasteiger partial charge is 3.00 e. The SMILES string of the molecule is [Fe+3].[In+3].[P-3].[P-3]. The molecule has 0 aliphatic heterocycles. The van der Waals surface area contributed by atoms with Gasteiger partial charge in [-0.1, -0.05) is 0 Å². The third-order valence-corrected chi connectivity index (χ3v) is 0. The van der Waals surface area contributed by atoms with Gasteiger partial charge in [0.2, 0.25) is 0 Å². The molecule has 0 heterocycles. The van der Waals surface area contributed by atoms with E-state index in [0.29, 0.717) is 0 Å². The quantitative estimate of drug-likeness (QED) is 0.437. The Balaban J connectivity index is 0. The summed E-state index contributed by atoms with van der Waals surface area (Å²) in [7, 11) is 0. The second-order valence-electron chi connectivity index (χ2n) is 0. The number of rotatable bonds is 0. The van der Waals surface area contributed by atoms with Crippen LogP contribution < -0.4 is 0 Å². The van der Waals surface area contributed by atoms with Crippen molar-refractivity contribution < 1.29 is 17.1 Å². The van der Waals surface area contributed by atoms with Crippen LogP contribution in [0.15, 0.2) is 0 Å². The van der Waals surface area contributed by atoms with E-state index in [-0.39, 0.29) is 62.7 Å². The largest absolute Gasteiger partial charge is 3.00 e. The number of hydrogen-bond acceptors (Lipinski definition) is 0. The van der Waals surface area contributed by atoms with E-state index in [4.69, 9.17) is 0 Å². The Morgan fingerprint density at radius 1 is 0.750 bits per heavy atom. The molecule has 0 aliphatic rings. The molecule has 0 N–H and O–H groups in total. The monoisotopic (exact) mass is 233 g/mol. The van der Waals surface area contributed by atoms with E-state index in [0.717, 1.165) is 0 Å². The predicted molar refractivity (Wildman–Crippen MR) is 19.6 cm³/mol. The van der Waals surface area contributed by atoms with Crippen LogP contribution in [0, 0.1) is 0 Å². The zero-order valence-corrected chi connectivity index (χ0v) is 8.01. The van der Waals surface area contributed by atoms with Crippen LogP contribution in [-0.4, -0.2) is 25.8 Å². The molecule has 0 unspecified atom stereocenters. The maximum atomic E-state index is 0. The molecule has 0 rings (SSSR count). The second kappa shape index (κ2) is 18.7. The van der Waals surface area contributed by atoms with E-state index >= 15 is 0 Å². The van der Waals surface area contributed by atoms with E-state index in [1.807, 2.05) is 0 Å². The van der Waals surface area contributed by atoms with Gasteiger partial charge < -0.3 is 19.8 Å². The average Bonchev–Trinajstić information content (AvgIpc) is 0. The summed E-state index contributed by atoms with van der Waals surface area (Å²) < 4.78 is 0. The molecule has 0 aliphatic carbocycles. The van der Waals surface area contributed by atoms with Crippen molar-refractivity contribution in [1.82, 2.24) is 0 Å². The van der Waals surface area contributed by atoms with Gasteiger partial charge in [0.05, 0.1) is 0 Å². The van der Waals surface area contributed by atoms with E-state index in [1.54, 1.807) is 0 Å². The van der Waals surface area contributed by atoms with Crippen LogP contribution in [0.3, 0.4) is 0 Å². The molecule has 0 nitrogen and oxygen atoms in total. The molecule has 0 saturated heterocycles. The van der Waals surface area contributed by atoms with E-state index in [1.165, 1.54) is 0 Å². The first kappa shape index (κ1) is 34.0. The molecule has 0 saturated carbocycles. The Morgan fingerprint density at radius 2 is 0.750 bits per heavy atom. The Hall–Kier alpha value is 2.25. The van der Waals surface area contributed by atoms with Gasteiger partial charge in [-0.25, -0.2) is 0 Å². The van der Waals surface area contributed by atoms with Gasteiger partial charge in [0, 0.05) is 0 Å². The summed E-state index contributed by atoms with van der Waals surface area (Å²) in [5.74, 6) is 0. The predicted octanol–water partition coefficient (Wildman–Crippen LogP) is 1.34. The molecule has 0 fully saturated rings. The maximum Gasteiger partial charge on any atom is 3.00 e. The normalized spacial score (nSPS) is 0. The first-order chi connectivity index (χ1) is 0. The van der Waals surface area contributed by atoms with Crippen LogP contribution in [0.5, 0.6) is 0 Å². The van der Waals surface area contributed by atoms with Crippen molar-refractivity contribution in [2.24, 2.45) is 0 Å². The molecule has 0 aromatic rings. The fraction of sp³-hybridized carbons (Fsp3) is 0. The van der Waals surface area contributed by atoms with Gasteiger partial charge in [0.15, 0.2) is 0 Å². The summed E-state index contributed by atoms with van der Waals surface area (Å²) in [6.45, 7) is 0. The third-order valence-electron chi connectivity index (χ3n) is 0. The summed E-state index contributed by atoms with van der Waals surface area (Å²) in [6, 6.07) is 0. The van der Waals surface area contributed by atoms with Gasteiger partial charge in [-0.05, 0) is 0 Å². The molecule has 1 radical (unpaired) electrons. The molecule has 0 aromatic carbocycles. The summed E-state index contributed by atoms with van der Waals surface area (Å²) in [4.78, 5) is 0. The molecule has 0 atom stereocenters. The molecule has 0 amide bonds. The summed E-state index contributed by atoms with van der Waals surface area (Å²) in [6.07, 6.45) is 0. The van der Waals surface area contributed by atoms with Crippen molar-refractivity contribution >= 4 is 45.6 Å². The van der Waals surface area contributed by atoms with Gasteiger partial charge in [-0.2, -0.15) is 0 Å². The summed E-state index contributed by atoms with van der Waals surface area (Å²) in [5, 5.41) is 0. The Morgan fingerprint density at radius 3 is 0.750 bits per heavy atom. The topological polar surface area (TPSA) is 0 Å². The van der Waals surface area contributed by atoms with Gasteiger partial charge in [0.1, 0.15) is 0 Å². The van der Waals surface area contributed by atoms with Crippen molar-refractivity contribution in [2.75, 3.05) is 0 Å². The Labute approximate surface area is 62.4 Å². The van der Waals surface area contributed by atoms with Crippen LogP contribution >= 0.6 is 19.8 Å². The maximum absolute atomic E-state index is 0. The van der Waals surface area contributed by atoms with Crippen molar-refractivity contribution in [3.05, 3.63) is 0 Å². The molecule has 4 heavy (non-hydrogen) atoms. The summed E-state index contributed by atoms with van der Waals surface area (Å²) in [5.41, 5.74) is 0. The van der Waals surface area contributed by atoms with Gasteiger partial charge in [0.25, 0.3) is 0 Å². The first-order valence-electron chi connectivity index (χ1n) is 0.